The van der Waals surface area contributed by atoms with E-state index in [1.165, 1.54) is 0 Å². The first-order chi connectivity index (χ1) is 7.24. The maximum Gasteiger partial charge on any atom is 0.248 e. The number of amides is 1. The number of ether oxygens (including phenoxy) is 2. The summed E-state index contributed by atoms with van der Waals surface area (Å²) in [4.78, 5) is 11.5. The zero-order valence-corrected chi connectivity index (χ0v) is 9.41. The van der Waals surface area contributed by atoms with Crippen LogP contribution in [0.15, 0.2) is 0 Å². The highest BCUT2D eigenvalue weighted by atomic mass is 16.5. The van der Waals surface area contributed by atoms with E-state index in [-0.39, 0.29) is 18.1 Å². The summed E-state index contributed by atoms with van der Waals surface area (Å²) in [6.45, 7) is 4.79. The number of hydrogen-bond donors (Lipinski definition) is 2. The molecular weight excluding hydrogens is 196 g/mol. The van der Waals surface area contributed by atoms with Gasteiger partial charge in [0, 0.05) is 33.4 Å². The highest BCUT2D eigenvalue weighted by Crippen LogP contribution is 2.02. The Morgan fingerprint density at radius 3 is 2.87 bits per heavy atom. The largest absolute Gasteiger partial charge is 0.385 e. The van der Waals surface area contributed by atoms with Crippen LogP contribution in [-0.4, -0.2) is 51.5 Å². The third kappa shape index (κ3) is 4.59. The molecule has 88 valence electrons. The fourth-order valence-corrected chi connectivity index (χ4v) is 1.28. The molecule has 1 amide bonds. The Hall–Kier alpha value is -0.650. The van der Waals surface area contributed by atoms with Crippen LogP contribution in [0.25, 0.3) is 0 Å². The summed E-state index contributed by atoms with van der Waals surface area (Å²) in [5.74, 6) is -0.0435. The molecule has 1 rings (SSSR count). The number of nitrogens with one attached hydrogen (secondary N) is 2. The van der Waals surface area contributed by atoms with Gasteiger partial charge in [-0.05, 0) is 13.3 Å². The lowest BCUT2D eigenvalue weighted by molar-refractivity contribution is -0.137. The summed E-state index contributed by atoms with van der Waals surface area (Å²) in [7, 11) is 1.65. The number of methoxy groups -OCH3 is 1. The molecule has 0 bridgehead atoms. The number of rotatable bonds is 7. The van der Waals surface area contributed by atoms with Gasteiger partial charge in [0.05, 0.1) is 6.10 Å². The molecular formula is C10H20N2O3. The van der Waals surface area contributed by atoms with Gasteiger partial charge in [-0.25, -0.2) is 0 Å². The maximum absolute atomic E-state index is 11.5. The number of carbonyl (C=O) groups is 1. The summed E-state index contributed by atoms with van der Waals surface area (Å²) in [6, 6.07) is 0. The summed E-state index contributed by atoms with van der Waals surface area (Å²) in [6.07, 6.45) is 0.671. The Bertz CT molecular complexity index is 195. The van der Waals surface area contributed by atoms with Crippen molar-refractivity contribution in [2.24, 2.45) is 0 Å². The molecule has 1 heterocycles. The molecule has 0 aromatic heterocycles. The van der Waals surface area contributed by atoms with Crippen LogP contribution in [0.2, 0.25) is 0 Å². The van der Waals surface area contributed by atoms with Gasteiger partial charge < -0.3 is 20.1 Å². The van der Waals surface area contributed by atoms with Crippen LogP contribution >= 0.6 is 0 Å². The van der Waals surface area contributed by atoms with Crippen molar-refractivity contribution >= 4 is 5.91 Å². The van der Waals surface area contributed by atoms with Crippen molar-refractivity contribution in [3.05, 3.63) is 0 Å². The third-order valence-electron chi connectivity index (χ3n) is 2.33. The average molecular weight is 216 g/mol. The SMILES string of the molecule is COCCCNC(=O)C(C)OC1CNC1. The zero-order valence-electron chi connectivity index (χ0n) is 9.41. The van der Waals surface area contributed by atoms with E-state index in [1.807, 2.05) is 0 Å². The topological polar surface area (TPSA) is 59.6 Å². The van der Waals surface area contributed by atoms with E-state index in [4.69, 9.17) is 9.47 Å². The molecule has 2 N–H and O–H groups in total. The quantitative estimate of drug-likeness (QED) is 0.564. The zero-order chi connectivity index (χ0) is 11.1. The average Bonchev–Trinajstić information content (AvgIpc) is 2.17. The van der Waals surface area contributed by atoms with E-state index < -0.39 is 0 Å². The lowest BCUT2D eigenvalue weighted by atomic mass is 10.2. The number of carbonyl (C=O) groups excluding carboxylic acids is 1. The van der Waals surface area contributed by atoms with Gasteiger partial charge in [-0.2, -0.15) is 0 Å². The van der Waals surface area contributed by atoms with Gasteiger partial charge in [0.15, 0.2) is 0 Å². The summed E-state index contributed by atoms with van der Waals surface area (Å²) >= 11 is 0. The van der Waals surface area contributed by atoms with E-state index in [9.17, 15) is 4.79 Å². The van der Waals surface area contributed by atoms with Crippen LogP contribution in [0.1, 0.15) is 13.3 Å². The fraction of sp³-hybridized carbons (Fsp3) is 0.900. The first-order valence-electron chi connectivity index (χ1n) is 5.37. The molecule has 5 nitrogen and oxygen atoms in total. The molecule has 0 aromatic rings. The molecule has 15 heavy (non-hydrogen) atoms. The predicted molar refractivity (Wildman–Crippen MR) is 56.7 cm³/mol. The maximum atomic E-state index is 11.5. The standard InChI is InChI=1S/C10H20N2O3/c1-8(15-9-6-11-7-9)10(13)12-4-3-5-14-2/h8-9,11H,3-7H2,1-2H3,(H,12,13). The smallest absolute Gasteiger partial charge is 0.248 e. The van der Waals surface area contributed by atoms with Crippen molar-refractivity contribution in [1.29, 1.82) is 0 Å². The van der Waals surface area contributed by atoms with Crippen LogP contribution in [0.4, 0.5) is 0 Å². The van der Waals surface area contributed by atoms with E-state index in [0.29, 0.717) is 13.2 Å². The van der Waals surface area contributed by atoms with Crippen LogP contribution < -0.4 is 10.6 Å². The van der Waals surface area contributed by atoms with E-state index >= 15 is 0 Å². The minimum Gasteiger partial charge on any atom is -0.385 e. The van der Waals surface area contributed by atoms with E-state index in [2.05, 4.69) is 10.6 Å². The lowest BCUT2D eigenvalue weighted by Gasteiger charge is -2.29. The van der Waals surface area contributed by atoms with Gasteiger partial charge in [-0.15, -0.1) is 0 Å². The third-order valence-corrected chi connectivity index (χ3v) is 2.33. The van der Waals surface area contributed by atoms with Crippen LogP contribution in [0.5, 0.6) is 0 Å². The molecule has 1 aliphatic heterocycles. The van der Waals surface area contributed by atoms with Crippen LogP contribution in [0.3, 0.4) is 0 Å². The molecule has 0 radical (unpaired) electrons. The highest BCUT2D eigenvalue weighted by Gasteiger charge is 2.23. The second-order valence-corrected chi connectivity index (χ2v) is 3.70. The molecule has 0 aliphatic carbocycles. The van der Waals surface area contributed by atoms with Crippen molar-refractivity contribution in [1.82, 2.24) is 10.6 Å². The second-order valence-electron chi connectivity index (χ2n) is 3.70. The van der Waals surface area contributed by atoms with Crippen molar-refractivity contribution in [2.45, 2.75) is 25.6 Å². The van der Waals surface area contributed by atoms with Crippen LogP contribution in [0, 0.1) is 0 Å². The normalized spacial score (nSPS) is 18.3. The molecule has 1 aliphatic rings. The first kappa shape index (κ1) is 12.4. The van der Waals surface area contributed by atoms with Gasteiger partial charge in [0.2, 0.25) is 5.91 Å². The monoisotopic (exact) mass is 216 g/mol. The first-order valence-corrected chi connectivity index (χ1v) is 5.37. The molecule has 1 unspecified atom stereocenters. The van der Waals surface area contributed by atoms with Crippen molar-refractivity contribution < 1.29 is 14.3 Å². The minimum atomic E-state index is -0.361. The fourth-order valence-electron chi connectivity index (χ4n) is 1.28. The second kappa shape index (κ2) is 6.76. The predicted octanol–water partition coefficient (Wildman–Crippen LogP) is -0.484. The molecule has 1 saturated heterocycles. The molecule has 0 spiro atoms. The Morgan fingerprint density at radius 1 is 1.60 bits per heavy atom. The minimum absolute atomic E-state index is 0.0435. The van der Waals surface area contributed by atoms with Crippen molar-refractivity contribution in [3.63, 3.8) is 0 Å². The van der Waals surface area contributed by atoms with E-state index in [0.717, 1.165) is 19.5 Å². The number of hydrogen-bond acceptors (Lipinski definition) is 4. The Labute approximate surface area is 90.5 Å². The molecule has 0 saturated carbocycles. The highest BCUT2D eigenvalue weighted by molar-refractivity contribution is 5.80. The molecule has 1 fully saturated rings. The van der Waals surface area contributed by atoms with Crippen molar-refractivity contribution in [2.75, 3.05) is 33.4 Å². The van der Waals surface area contributed by atoms with Gasteiger partial charge in [0.25, 0.3) is 0 Å². The molecule has 0 aromatic carbocycles. The van der Waals surface area contributed by atoms with Crippen molar-refractivity contribution in [3.8, 4) is 0 Å². The van der Waals surface area contributed by atoms with Gasteiger partial charge in [0.1, 0.15) is 6.10 Å². The van der Waals surface area contributed by atoms with Gasteiger partial charge in [-0.3, -0.25) is 4.79 Å². The Kier molecular flexibility index (Phi) is 5.60. The molecule has 1 atom stereocenters. The van der Waals surface area contributed by atoms with Gasteiger partial charge in [-0.1, -0.05) is 0 Å². The van der Waals surface area contributed by atoms with Crippen LogP contribution in [-0.2, 0) is 14.3 Å². The summed E-state index contributed by atoms with van der Waals surface area (Å²) in [5.41, 5.74) is 0. The van der Waals surface area contributed by atoms with E-state index in [1.54, 1.807) is 14.0 Å². The molecule has 5 heteroatoms. The summed E-state index contributed by atoms with van der Waals surface area (Å²) in [5, 5.41) is 5.90. The van der Waals surface area contributed by atoms with Gasteiger partial charge >= 0.3 is 0 Å². The Balaban J connectivity index is 2.04. The lowest BCUT2D eigenvalue weighted by Crippen LogP contribution is -2.51. The summed E-state index contributed by atoms with van der Waals surface area (Å²) < 4.78 is 10.4. The Morgan fingerprint density at radius 2 is 2.33 bits per heavy atom.